The van der Waals surface area contributed by atoms with E-state index in [9.17, 15) is 18.0 Å². The van der Waals surface area contributed by atoms with E-state index in [2.05, 4.69) is 21.2 Å². The van der Waals surface area contributed by atoms with Crippen molar-refractivity contribution in [1.82, 2.24) is 10.2 Å². The number of anilines is 1. The third-order valence-corrected chi connectivity index (χ3v) is 10.4. The van der Waals surface area contributed by atoms with Crippen molar-refractivity contribution in [2.75, 3.05) is 17.4 Å². The van der Waals surface area contributed by atoms with E-state index in [1.807, 2.05) is 44.2 Å². The van der Waals surface area contributed by atoms with Crippen molar-refractivity contribution in [2.24, 2.45) is 0 Å². The maximum absolute atomic E-state index is 14.5. The molecular weight excluding hydrogens is 709 g/mol. The molecule has 0 radical (unpaired) electrons. The maximum Gasteiger partial charge on any atom is 0.264 e. The van der Waals surface area contributed by atoms with Gasteiger partial charge in [-0.3, -0.25) is 13.9 Å². The lowest BCUT2D eigenvalue weighted by Crippen LogP contribution is -2.53. The van der Waals surface area contributed by atoms with Crippen LogP contribution in [0.2, 0.25) is 10.0 Å². The van der Waals surface area contributed by atoms with E-state index in [0.29, 0.717) is 27.8 Å². The molecule has 46 heavy (non-hydrogen) atoms. The number of sulfonamides is 1. The van der Waals surface area contributed by atoms with Crippen LogP contribution in [0.5, 0.6) is 0 Å². The van der Waals surface area contributed by atoms with Gasteiger partial charge in [0.1, 0.15) is 12.6 Å². The Morgan fingerprint density at radius 1 is 0.913 bits per heavy atom. The van der Waals surface area contributed by atoms with Gasteiger partial charge in [0.05, 0.1) is 10.6 Å². The summed E-state index contributed by atoms with van der Waals surface area (Å²) in [6.45, 7) is 3.72. The molecule has 11 heteroatoms. The molecule has 0 aromatic heterocycles. The summed E-state index contributed by atoms with van der Waals surface area (Å²) >= 11 is 16.1. The van der Waals surface area contributed by atoms with Gasteiger partial charge in [0.25, 0.3) is 10.0 Å². The first-order valence-corrected chi connectivity index (χ1v) is 17.9. The van der Waals surface area contributed by atoms with E-state index in [1.165, 1.54) is 17.0 Å². The molecule has 2 amide bonds. The van der Waals surface area contributed by atoms with Crippen LogP contribution in [0.3, 0.4) is 0 Å². The third kappa shape index (κ3) is 9.35. The van der Waals surface area contributed by atoms with E-state index in [-0.39, 0.29) is 23.8 Å². The zero-order valence-electron chi connectivity index (χ0n) is 25.6. The predicted molar refractivity (Wildman–Crippen MR) is 189 cm³/mol. The Balaban J connectivity index is 1.80. The Labute approximate surface area is 289 Å². The minimum atomic E-state index is -4.19. The lowest BCUT2D eigenvalue weighted by molar-refractivity contribution is -0.140. The molecule has 0 aliphatic carbocycles. The molecule has 0 saturated carbocycles. The van der Waals surface area contributed by atoms with Gasteiger partial charge in [0.15, 0.2) is 0 Å². The minimum absolute atomic E-state index is 0.0410. The molecule has 242 valence electrons. The smallest absolute Gasteiger partial charge is 0.264 e. The minimum Gasteiger partial charge on any atom is -0.354 e. The highest BCUT2D eigenvalue weighted by Crippen LogP contribution is 2.28. The number of rotatable bonds is 14. The molecule has 1 unspecified atom stereocenters. The number of nitrogens with one attached hydrogen (secondary N) is 1. The lowest BCUT2D eigenvalue weighted by Gasteiger charge is -2.34. The van der Waals surface area contributed by atoms with Crippen LogP contribution in [0.4, 0.5) is 5.69 Å². The fourth-order valence-electron chi connectivity index (χ4n) is 4.87. The summed E-state index contributed by atoms with van der Waals surface area (Å²) in [5.41, 5.74) is 2.60. The highest BCUT2D eigenvalue weighted by Gasteiger charge is 2.35. The zero-order valence-corrected chi connectivity index (χ0v) is 29.5. The average molecular weight is 746 g/mol. The van der Waals surface area contributed by atoms with Gasteiger partial charge in [-0.2, -0.15) is 0 Å². The summed E-state index contributed by atoms with van der Waals surface area (Å²) < 4.78 is 30.1. The van der Waals surface area contributed by atoms with Gasteiger partial charge >= 0.3 is 0 Å². The van der Waals surface area contributed by atoms with Crippen molar-refractivity contribution < 1.29 is 18.0 Å². The van der Waals surface area contributed by atoms with Crippen LogP contribution in [0.1, 0.15) is 36.5 Å². The third-order valence-electron chi connectivity index (χ3n) is 7.46. The summed E-state index contributed by atoms with van der Waals surface area (Å²) in [6.07, 6.45) is 1.86. The van der Waals surface area contributed by atoms with Gasteiger partial charge in [0, 0.05) is 34.0 Å². The number of hydrogen-bond acceptors (Lipinski definition) is 4. The largest absolute Gasteiger partial charge is 0.354 e. The highest BCUT2D eigenvalue weighted by molar-refractivity contribution is 9.10. The Morgan fingerprint density at radius 2 is 1.59 bits per heavy atom. The molecule has 4 rings (SSSR count). The first-order valence-electron chi connectivity index (χ1n) is 14.9. The molecular formula is C35H36BrCl2N3O4S. The van der Waals surface area contributed by atoms with Gasteiger partial charge in [-0.1, -0.05) is 107 Å². The SMILES string of the molecule is CCCCNC(=O)C(Cc1ccccc1)N(Cc1ccc(Cl)cc1Cl)C(=O)CN(c1ccc(Br)cc1)S(=O)(=O)c1ccc(C)cc1. The molecule has 0 spiro atoms. The van der Waals surface area contributed by atoms with Crippen LogP contribution in [-0.4, -0.2) is 44.3 Å². The monoisotopic (exact) mass is 743 g/mol. The number of carbonyl (C=O) groups excluding carboxylic acids is 2. The summed E-state index contributed by atoms with van der Waals surface area (Å²) in [7, 11) is -4.19. The average Bonchev–Trinajstić information content (AvgIpc) is 3.03. The van der Waals surface area contributed by atoms with Crippen molar-refractivity contribution in [3.63, 3.8) is 0 Å². The number of nitrogens with zero attached hydrogens (tertiary/aromatic N) is 2. The van der Waals surface area contributed by atoms with E-state index in [4.69, 9.17) is 23.2 Å². The van der Waals surface area contributed by atoms with Gasteiger partial charge in [-0.25, -0.2) is 8.42 Å². The molecule has 0 saturated heterocycles. The van der Waals surface area contributed by atoms with Crippen molar-refractivity contribution in [3.8, 4) is 0 Å². The van der Waals surface area contributed by atoms with Crippen LogP contribution < -0.4 is 9.62 Å². The van der Waals surface area contributed by atoms with Crippen LogP contribution in [-0.2, 0) is 32.6 Å². The Hall–Kier alpha value is -3.37. The van der Waals surface area contributed by atoms with Gasteiger partial charge in [-0.05, 0) is 73.0 Å². The maximum atomic E-state index is 14.5. The number of benzene rings is 4. The standard InChI is InChI=1S/C35H36BrCl2N3O4S/c1-3-4-20-39-35(43)33(21-26-8-6-5-7-9-26)40(23-27-12-15-29(37)22-32(27)38)34(42)24-41(30-16-13-28(36)14-17-30)46(44,45)31-18-10-25(2)11-19-31/h5-19,22,33H,3-4,20-21,23-24H2,1-2H3,(H,39,43). The zero-order chi connectivity index (χ0) is 33.3. The molecule has 0 fully saturated rings. The second kappa shape index (κ2) is 16.5. The van der Waals surface area contributed by atoms with Crippen LogP contribution in [0, 0.1) is 6.92 Å². The summed E-state index contributed by atoms with van der Waals surface area (Å²) in [6, 6.07) is 26.5. The van der Waals surface area contributed by atoms with Crippen LogP contribution >= 0.6 is 39.1 Å². The van der Waals surface area contributed by atoms with Crippen LogP contribution in [0.25, 0.3) is 0 Å². The summed E-state index contributed by atoms with van der Waals surface area (Å²) in [5.74, 6) is -0.913. The Kier molecular flexibility index (Phi) is 12.7. The van der Waals surface area contributed by atoms with E-state index < -0.39 is 28.5 Å². The second-order valence-corrected chi connectivity index (χ2v) is 14.5. The fourth-order valence-corrected chi connectivity index (χ4v) is 7.01. The number of unbranched alkanes of at least 4 members (excludes halogenated alkanes) is 1. The number of amides is 2. The van der Waals surface area contributed by atoms with Crippen molar-refractivity contribution in [1.29, 1.82) is 0 Å². The normalized spacial score (nSPS) is 11.9. The van der Waals surface area contributed by atoms with Gasteiger partial charge in [0.2, 0.25) is 11.8 Å². The van der Waals surface area contributed by atoms with Crippen molar-refractivity contribution in [2.45, 2.75) is 50.6 Å². The number of carbonyl (C=O) groups is 2. The molecule has 1 atom stereocenters. The van der Waals surface area contributed by atoms with Crippen molar-refractivity contribution >= 4 is 66.7 Å². The number of aryl methyl sites for hydroxylation is 1. The molecule has 4 aromatic carbocycles. The van der Waals surface area contributed by atoms with E-state index in [0.717, 1.165) is 32.7 Å². The molecule has 0 bridgehead atoms. The molecule has 7 nitrogen and oxygen atoms in total. The van der Waals surface area contributed by atoms with Gasteiger partial charge in [-0.15, -0.1) is 0 Å². The molecule has 0 aliphatic heterocycles. The Bertz CT molecular complexity index is 1740. The number of halogens is 3. The topological polar surface area (TPSA) is 86.8 Å². The fraction of sp³-hybridized carbons (Fsp3) is 0.257. The van der Waals surface area contributed by atoms with Gasteiger partial charge < -0.3 is 10.2 Å². The first kappa shape index (κ1) is 35.5. The molecule has 0 aliphatic rings. The first-order chi connectivity index (χ1) is 22.0. The predicted octanol–water partition coefficient (Wildman–Crippen LogP) is 7.82. The van der Waals surface area contributed by atoms with E-state index in [1.54, 1.807) is 54.6 Å². The Morgan fingerprint density at radius 3 is 2.22 bits per heavy atom. The lowest BCUT2D eigenvalue weighted by atomic mass is 10.0. The number of hydrogen-bond donors (Lipinski definition) is 1. The quantitative estimate of drug-likeness (QED) is 0.134. The van der Waals surface area contributed by atoms with Crippen molar-refractivity contribution in [3.05, 3.63) is 128 Å². The summed E-state index contributed by atoms with van der Waals surface area (Å²) in [4.78, 5) is 29.8. The molecule has 0 heterocycles. The highest BCUT2D eigenvalue weighted by atomic mass is 79.9. The van der Waals surface area contributed by atoms with Crippen LogP contribution in [0.15, 0.2) is 106 Å². The second-order valence-electron chi connectivity index (χ2n) is 10.9. The van der Waals surface area contributed by atoms with E-state index >= 15 is 0 Å². The molecule has 1 N–H and O–H groups in total. The molecule has 4 aromatic rings. The summed E-state index contributed by atoms with van der Waals surface area (Å²) in [5, 5.41) is 3.73.